The van der Waals surface area contributed by atoms with E-state index in [1.54, 1.807) is 11.1 Å². The minimum absolute atomic E-state index is 0.0765. The van der Waals surface area contributed by atoms with Crippen LogP contribution in [0.3, 0.4) is 0 Å². The molecule has 0 aliphatic carbocycles. The van der Waals surface area contributed by atoms with Crippen LogP contribution in [0.5, 0.6) is 0 Å². The van der Waals surface area contributed by atoms with Crippen molar-refractivity contribution in [3.8, 4) is 0 Å². The summed E-state index contributed by atoms with van der Waals surface area (Å²) in [5, 5.41) is 5.70. The van der Waals surface area contributed by atoms with E-state index in [9.17, 15) is 14.4 Å². The van der Waals surface area contributed by atoms with Crippen LogP contribution < -0.4 is 16.2 Å². The standard InChI is InChI=1S/C19H29N5O3/c1-12(2)9-20-15(25)14-10-23-7-5-19(17(23)22-16(14)26)6-8-24(11-19)18(27)21-13(3)4/h10,12-13H,5-9,11H2,1-4H3,(H,20,25)(H,21,27). The molecule has 2 N–H and O–H groups in total. The average Bonchev–Trinajstić information content (AvgIpc) is 3.17. The molecule has 27 heavy (non-hydrogen) atoms. The van der Waals surface area contributed by atoms with Crippen LogP contribution in [0.4, 0.5) is 4.79 Å². The molecule has 0 saturated carbocycles. The zero-order valence-corrected chi connectivity index (χ0v) is 16.5. The number of amides is 3. The fourth-order valence-corrected chi connectivity index (χ4v) is 3.85. The van der Waals surface area contributed by atoms with Crippen LogP contribution in [-0.4, -0.2) is 52.1 Å². The highest BCUT2D eigenvalue weighted by Crippen LogP contribution is 2.41. The summed E-state index contributed by atoms with van der Waals surface area (Å²) in [6, 6.07) is 0.00456. The Morgan fingerprint density at radius 2 is 1.93 bits per heavy atom. The van der Waals surface area contributed by atoms with Crippen molar-refractivity contribution in [1.82, 2.24) is 25.1 Å². The van der Waals surface area contributed by atoms with Gasteiger partial charge in [-0.25, -0.2) is 4.79 Å². The normalized spacial score (nSPS) is 21.2. The summed E-state index contributed by atoms with van der Waals surface area (Å²) in [7, 11) is 0. The Balaban J connectivity index is 1.80. The molecule has 1 unspecified atom stereocenters. The van der Waals surface area contributed by atoms with E-state index in [0.717, 1.165) is 12.8 Å². The SMILES string of the molecule is CC(C)CNC(=O)c1cn2c(nc1=O)C1(CCN(C(=O)NC(C)C)C1)CC2. The number of nitrogens with zero attached hydrogens (tertiary/aromatic N) is 3. The lowest BCUT2D eigenvalue weighted by molar-refractivity contribution is 0.0946. The first-order chi connectivity index (χ1) is 12.7. The van der Waals surface area contributed by atoms with Gasteiger partial charge in [-0.3, -0.25) is 9.59 Å². The van der Waals surface area contributed by atoms with Crippen LogP contribution in [0.1, 0.15) is 56.7 Å². The van der Waals surface area contributed by atoms with E-state index in [0.29, 0.717) is 37.9 Å². The lowest BCUT2D eigenvalue weighted by atomic mass is 9.85. The topological polar surface area (TPSA) is 96.3 Å². The highest BCUT2D eigenvalue weighted by Gasteiger charge is 2.47. The highest BCUT2D eigenvalue weighted by atomic mass is 16.2. The van der Waals surface area contributed by atoms with E-state index >= 15 is 0 Å². The molecule has 1 aromatic heterocycles. The van der Waals surface area contributed by atoms with Gasteiger partial charge in [-0.2, -0.15) is 4.98 Å². The van der Waals surface area contributed by atoms with E-state index in [1.165, 1.54) is 0 Å². The van der Waals surface area contributed by atoms with Crippen LogP contribution in [0, 0.1) is 5.92 Å². The fourth-order valence-electron chi connectivity index (χ4n) is 3.85. The van der Waals surface area contributed by atoms with Crippen molar-refractivity contribution in [3.63, 3.8) is 0 Å². The minimum Gasteiger partial charge on any atom is -0.352 e. The molecule has 3 amide bonds. The Bertz CT molecular complexity index is 801. The number of hydrogen-bond donors (Lipinski definition) is 2. The average molecular weight is 375 g/mol. The van der Waals surface area contributed by atoms with Crippen molar-refractivity contribution in [2.75, 3.05) is 19.6 Å². The fraction of sp³-hybridized carbons (Fsp3) is 0.684. The number of aromatic nitrogens is 2. The maximum atomic E-state index is 12.5. The number of hydrogen-bond acceptors (Lipinski definition) is 4. The molecule has 3 heterocycles. The summed E-state index contributed by atoms with van der Waals surface area (Å²) in [5.41, 5.74) is -0.696. The third kappa shape index (κ3) is 3.84. The van der Waals surface area contributed by atoms with Gasteiger partial charge >= 0.3 is 6.03 Å². The first-order valence-electron chi connectivity index (χ1n) is 9.67. The molecule has 1 saturated heterocycles. The molecule has 1 spiro atoms. The molecule has 1 fully saturated rings. The van der Waals surface area contributed by atoms with Crippen molar-refractivity contribution in [1.29, 1.82) is 0 Å². The van der Waals surface area contributed by atoms with Gasteiger partial charge in [-0.15, -0.1) is 0 Å². The summed E-state index contributed by atoms with van der Waals surface area (Å²) in [5.74, 6) is 0.637. The third-order valence-corrected chi connectivity index (χ3v) is 5.27. The molecule has 0 aromatic carbocycles. The highest BCUT2D eigenvalue weighted by molar-refractivity contribution is 5.93. The van der Waals surface area contributed by atoms with Crippen LogP contribution in [-0.2, 0) is 12.0 Å². The molecular formula is C19H29N5O3. The Morgan fingerprint density at radius 3 is 2.59 bits per heavy atom. The quantitative estimate of drug-likeness (QED) is 0.823. The van der Waals surface area contributed by atoms with Crippen molar-refractivity contribution < 1.29 is 9.59 Å². The van der Waals surface area contributed by atoms with Crippen LogP contribution in [0.2, 0.25) is 0 Å². The second kappa shape index (κ2) is 7.32. The zero-order valence-electron chi connectivity index (χ0n) is 16.5. The second-order valence-electron chi connectivity index (χ2n) is 8.39. The van der Waals surface area contributed by atoms with Gasteiger partial charge in [0.1, 0.15) is 11.4 Å². The zero-order chi connectivity index (χ0) is 19.8. The molecule has 2 aliphatic heterocycles. The van der Waals surface area contributed by atoms with Crippen LogP contribution >= 0.6 is 0 Å². The molecule has 2 aliphatic rings. The summed E-state index contributed by atoms with van der Waals surface area (Å²) in [4.78, 5) is 43.2. The van der Waals surface area contributed by atoms with Crippen molar-refractivity contribution in [2.24, 2.45) is 5.92 Å². The van der Waals surface area contributed by atoms with E-state index < -0.39 is 5.56 Å². The number of nitrogens with one attached hydrogen (secondary N) is 2. The smallest absolute Gasteiger partial charge is 0.317 e. The third-order valence-electron chi connectivity index (χ3n) is 5.27. The lowest BCUT2D eigenvalue weighted by Gasteiger charge is -2.24. The lowest BCUT2D eigenvalue weighted by Crippen LogP contribution is -2.43. The molecular weight excluding hydrogens is 346 g/mol. The molecule has 1 atom stereocenters. The first-order valence-corrected chi connectivity index (χ1v) is 9.67. The second-order valence-corrected chi connectivity index (χ2v) is 8.39. The number of carbonyl (C=O) groups excluding carboxylic acids is 2. The number of urea groups is 1. The molecule has 148 valence electrons. The summed E-state index contributed by atoms with van der Waals surface area (Å²) < 4.78 is 1.91. The Morgan fingerprint density at radius 1 is 1.22 bits per heavy atom. The van der Waals surface area contributed by atoms with E-state index in [4.69, 9.17) is 0 Å². The van der Waals surface area contributed by atoms with Crippen LogP contribution in [0.25, 0.3) is 0 Å². The van der Waals surface area contributed by atoms with Gasteiger partial charge in [0.2, 0.25) is 0 Å². The van der Waals surface area contributed by atoms with Gasteiger partial charge in [0.25, 0.3) is 11.5 Å². The van der Waals surface area contributed by atoms with E-state index in [2.05, 4.69) is 15.6 Å². The van der Waals surface area contributed by atoms with Gasteiger partial charge in [0.15, 0.2) is 0 Å². The molecule has 0 bridgehead atoms. The van der Waals surface area contributed by atoms with Gasteiger partial charge in [0, 0.05) is 43.8 Å². The number of carbonyl (C=O) groups is 2. The predicted octanol–water partition coefficient (Wildman–Crippen LogP) is 1.09. The number of fused-ring (bicyclic) bond motifs is 2. The summed E-state index contributed by atoms with van der Waals surface area (Å²) in [6.45, 7) is 10.3. The Hall–Kier alpha value is -2.38. The maximum absolute atomic E-state index is 12.5. The predicted molar refractivity (Wildman–Crippen MR) is 102 cm³/mol. The van der Waals surface area contributed by atoms with E-state index in [-0.39, 0.29) is 29.0 Å². The Labute approximate surface area is 159 Å². The number of aryl methyl sites for hydroxylation is 1. The summed E-state index contributed by atoms with van der Waals surface area (Å²) in [6.07, 6.45) is 3.23. The van der Waals surface area contributed by atoms with Crippen molar-refractivity contribution in [2.45, 2.75) is 58.5 Å². The van der Waals surface area contributed by atoms with Gasteiger partial charge in [-0.1, -0.05) is 13.8 Å². The monoisotopic (exact) mass is 375 g/mol. The largest absolute Gasteiger partial charge is 0.352 e. The molecule has 0 radical (unpaired) electrons. The van der Waals surface area contributed by atoms with Crippen LogP contribution in [0.15, 0.2) is 11.0 Å². The number of rotatable bonds is 4. The van der Waals surface area contributed by atoms with E-state index in [1.807, 2.05) is 32.3 Å². The van der Waals surface area contributed by atoms with Gasteiger partial charge in [-0.05, 0) is 32.6 Å². The first kappa shape index (κ1) is 19.4. The van der Waals surface area contributed by atoms with Crippen molar-refractivity contribution in [3.05, 3.63) is 27.9 Å². The molecule has 8 nitrogen and oxygen atoms in total. The maximum Gasteiger partial charge on any atom is 0.317 e. The molecule has 1 aromatic rings. The molecule has 3 rings (SSSR count). The Kier molecular flexibility index (Phi) is 5.26. The van der Waals surface area contributed by atoms with Gasteiger partial charge < -0.3 is 20.1 Å². The summed E-state index contributed by atoms with van der Waals surface area (Å²) >= 11 is 0. The minimum atomic E-state index is -0.492. The van der Waals surface area contributed by atoms with Crippen molar-refractivity contribution >= 4 is 11.9 Å². The van der Waals surface area contributed by atoms with Gasteiger partial charge in [0.05, 0.1) is 0 Å². The molecule has 8 heteroatoms. The number of likely N-dealkylation sites (tertiary alicyclic amines) is 1.